The minimum atomic E-state index is -3.73. The Morgan fingerprint density at radius 3 is 2.71 bits per heavy atom. The molecule has 1 heterocycles. The Morgan fingerprint density at radius 2 is 2.14 bits per heavy atom. The van der Waals surface area contributed by atoms with Gasteiger partial charge in [0.2, 0.25) is 10.0 Å². The summed E-state index contributed by atoms with van der Waals surface area (Å²) >= 11 is 0.864. The lowest BCUT2D eigenvalue weighted by atomic mass is 10.4. The molecule has 0 aromatic carbocycles. The van der Waals surface area contributed by atoms with E-state index in [1.54, 1.807) is 0 Å². The minimum Gasteiger partial charge on any atom is -0.385 e. The fraction of sp³-hybridized carbons (Fsp3) is 0.636. The first kappa shape index (κ1) is 17.8. The number of rotatable bonds is 10. The van der Waals surface area contributed by atoms with Crippen molar-refractivity contribution >= 4 is 32.0 Å². The predicted molar refractivity (Wildman–Crippen MR) is 81.4 cm³/mol. The smallest absolute Gasteiger partial charge is 0.304 e. The highest BCUT2D eigenvalue weighted by atomic mass is 32.2. The minimum absolute atomic E-state index is 0.0646. The number of nitrogens with one attached hydrogen (secondary N) is 2. The third kappa shape index (κ3) is 5.23. The number of anilines is 1. The molecule has 0 spiro atoms. The second kappa shape index (κ2) is 8.27. The number of methoxy groups -OCH3 is 1. The van der Waals surface area contributed by atoms with Crippen LogP contribution < -0.4 is 10.0 Å². The molecular formula is C11H19N3O5S2. The molecule has 0 amide bonds. The number of nitrogens with zero attached hydrogens (tertiary/aromatic N) is 1. The van der Waals surface area contributed by atoms with Gasteiger partial charge in [0.1, 0.15) is 4.21 Å². The Bertz CT molecular complexity index is 570. The van der Waals surface area contributed by atoms with E-state index in [0.717, 1.165) is 23.8 Å². The van der Waals surface area contributed by atoms with E-state index in [-0.39, 0.29) is 21.4 Å². The molecule has 0 aliphatic rings. The molecule has 8 nitrogen and oxygen atoms in total. The van der Waals surface area contributed by atoms with Crippen LogP contribution in [0.4, 0.5) is 10.7 Å². The third-order valence-corrected chi connectivity index (χ3v) is 5.52. The molecule has 21 heavy (non-hydrogen) atoms. The zero-order valence-corrected chi connectivity index (χ0v) is 13.6. The molecule has 0 atom stereocenters. The standard InChI is InChI=1S/C11H19N3O5S2/c1-3-5-12-11-9(14(15)16)8-10(20-11)21(17,18)13-6-4-7-19-2/h8,12-13H,3-7H2,1-2H3. The molecule has 0 saturated carbocycles. The second-order valence-electron chi connectivity index (χ2n) is 4.21. The second-order valence-corrected chi connectivity index (χ2v) is 7.25. The number of nitro groups is 1. The number of sulfonamides is 1. The van der Waals surface area contributed by atoms with E-state index in [4.69, 9.17) is 4.74 Å². The van der Waals surface area contributed by atoms with Gasteiger partial charge in [-0.25, -0.2) is 13.1 Å². The van der Waals surface area contributed by atoms with Crippen LogP contribution in [-0.2, 0) is 14.8 Å². The summed E-state index contributed by atoms with van der Waals surface area (Å²) in [4.78, 5) is 10.4. The van der Waals surface area contributed by atoms with Crippen LogP contribution in [-0.4, -0.2) is 40.1 Å². The van der Waals surface area contributed by atoms with Gasteiger partial charge in [-0.05, 0) is 12.8 Å². The molecule has 2 N–H and O–H groups in total. The lowest BCUT2D eigenvalue weighted by Gasteiger charge is -2.03. The van der Waals surface area contributed by atoms with Crippen molar-refractivity contribution in [1.82, 2.24) is 4.72 Å². The largest absolute Gasteiger partial charge is 0.385 e. The summed E-state index contributed by atoms with van der Waals surface area (Å²) in [6, 6.07) is 1.08. The first-order chi connectivity index (χ1) is 9.92. The summed E-state index contributed by atoms with van der Waals surface area (Å²) in [5, 5.41) is 14.1. The van der Waals surface area contributed by atoms with Crippen LogP contribution in [0, 0.1) is 10.1 Å². The predicted octanol–water partition coefficient (Wildman–Crippen LogP) is 1.79. The fourth-order valence-electron chi connectivity index (χ4n) is 1.49. The highest BCUT2D eigenvalue weighted by molar-refractivity contribution is 7.91. The Kier molecular flexibility index (Phi) is 7.02. The van der Waals surface area contributed by atoms with E-state index in [1.807, 2.05) is 6.92 Å². The van der Waals surface area contributed by atoms with E-state index in [9.17, 15) is 18.5 Å². The van der Waals surface area contributed by atoms with Crippen LogP contribution in [0.3, 0.4) is 0 Å². The van der Waals surface area contributed by atoms with Crippen LogP contribution in [0.1, 0.15) is 19.8 Å². The van der Waals surface area contributed by atoms with Crippen molar-refractivity contribution in [1.29, 1.82) is 0 Å². The summed E-state index contributed by atoms with van der Waals surface area (Å²) in [5.74, 6) is 0. The molecule has 120 valence electrons. The molecule has 0 unspecified atom stereocenters. The van der Waals surface area contributed by atoms with Crippen molar-refractivity contribution in [3.63, 3.8) is 0 Å². The van der Waals surface area contributed by atoms with Gasteiger partial charge in [0.05, 0.1) is 4.92 Å². The van der Waals surface area contributed by atoms with Gasteiger partial charge in [-0.3, -0.25) is 10.1 Å². The van der Waals surface area contributed by atoms with E-state index in [1.165, 1.54) is 7.11 Å². The highest BCUT2D eigenvalue weighted by Gasteiger charge is 2.25. The molecule has 10 heteroatoms. The zero-order valence-electron chi connectivity index (χ0n) is 11.9. The molecule has 0 aliphatic carbocycles. The molecule has 1 aromatic rings. The van der Waals surface area contributed by atoms with Gasteiger partial charge in [-0.1, -0.05) is 18.3 Å². The third-order valence-electron chi connectivity index (χ3n) is 2.50. The Hall–Kier alpha value is -1.23. The van der Waals surface area contributed by atoms with Crippen LogP contribution in [0.2, 0.25) is 0 Å². The Labute approximate surface area is 127 Å². The number of thiophene rings is 1. The lowest BCUT2D eigenvalue weighted by Crippen LogP contribution is -2.24. The van der Waals surface area contributed by atoms with Gasteiger partial charge in [-0.2, -0.15) is 0 Å². The summed E-state index contributed by atoms with van der Waals surface area (Å²) in [5.41, 5.74) is -0.217. The topological polar surface area (TPSA) is 111 Å². The van der Waals surface area contributed by atoms with Gasteiger partial charge in [0.25, 0.3) is 0 Å². The number of hydrogen-bond acceptors (Lipinski definition) is 7. The van der Waals surface area contributed by atoms with E-state index in [0.29, 0.717) is 19.6 Å². The number of hydrogen-bond donors (Lipinski definition) is 2. The van der Waals surface area contributed by atoms with E-state index >= 15 is 0 Å². The van der Waals surface area contributed by atoms with Gasteiger partial charge < -0.3 is 10.1 Å². The van der Waals surface area contributed by atoms with Gasteiger partial charge >= 0.3 is 5.69 Å². The van der Waals surface area contributed by atoms with Crippen LogP contribution in [0.25, 0.3) is 0 Å². The summed E-state index contributed by atoms with van der Waals surface area (Å²) in [6.07, 6.45) is 1.32. The Balaban J connectivity index is 2.88. The monoisotopic (exact) mass is 337 g/mol. The SMILES string of the molecule is CCCNc1sc(S(=O)(=O)NCCCOC)cc1[N+](=O)[O-]. The normalized spacial score (nSPS) is 11.5. The molecule has 0 saturated heterocycles. The average molecular weight is 337 g/mol. The molecule has 0 fully saturated rings. The average Bonchev–Trinajstić information content (AvgIpc) is 2.86. The van der Waals surface area contributed by atoms with Crippen molar-refractivity contribution in [3.05, 3.63) is 16.2 Å². The lowest BCUT2D eigenvalue weighted by molar-refractivity contribution is -0.383. The van der Waals surface area contributed by atoms with E-state index < -0.39 is 14.9 Å². The summed E-state index contributed by atoms with van der Waals surface area (Å²) < 4.78 is 31.3. The van der Waals surface area contributed by atoms with Crippen molar-refractivity contribution in [3.8, 4) is 0 Å². The van der Waals surface area contributed by atoms with Gasteiger partial charge in [0.15, 0.2) is 5.00 Å². The maximum absolute atomic E-state index is 12.1. The molecule has 1 rings (SSSR count). The van der Waals surface area contributed by atoms with Gasteiger partial charge in [0, 0.05) is 32.9 Å². The van der Waals surface area contributed by atoms with E-state index in [2.05, 4.69) is 10.0 Å². The number of ether oxygens (including phenoxy) is 1. The van der Waals surface area contributed by atoms with Gasteiger partial charge in [-0.15, -0.1) is 0 Å². The van der Waals surface area contributed by atoms with Crippen molar-refractivity contribution in [2.45, 2.75) is 24.0 Å². The molecule has 0 aliphatic heterocycles. The molecule has 1 aromatic heterocycles. The molecular weight excluding hydrogens is 318 g/mol. The highest BCUT2D eigenvalue weighted by Crippen LogP contribution is 2.36. The summed E-state index contributed by atoms with van der Waals surface area (Å²) in [6.45, 7) is 3.12. The maximum atomic E-state index is 12.1. The van der Waals surface area contributed by atoms with Crippen LogP contribution in [0.15, 0.2) is 10.3 Å². The molecule has 0 radical (unpaired) electrons. The van der Waals surface area contributed by atoms with Crippen molar-refractivity contribution < 1.29 is 18.1 Å². The fourth-order valence-corrected chi connectivity index (χ4v) is 3.96. The quantitative estimate of drug-likeness (QED) is 0.382. The zero-order chi connectivity index (χ0) is 15.9. The van der Waals surface area contributed by atoms with Crippen molar-refractivity contribution in [2.75, 3.05) is 32.1 Å². The summed E-state index contributed by atoms with van der Waals surface area (Å²) in [7, 11) is -2.20. The molecule has 0 bridgehead atoms. The van der Waals surface area contributed by atoms with Crippen molar-refractivity contribution in [2.24, 2.45) is 0 Å². The Morgan fingerprint density at radius 1 is 1.43 bits per heavy atom. The van der Waals surface area contributed by atoms with Crippen LogP contribution in [0.5, 0.6) is 0 Å². The first-order valence-corrected chi connectivity index (χ1v) is 8.73. The first-order valence-electron chi connectivity index (χ1n) is 6.43. The maximum Gasteiger partial charge on any atom is 0.304 e. The van der Waals surface area contributed by atoms with Crippen LogP contribution >= 0.6 is 11.3 Å².